The lowest BCUT2D eigenvalue weighted by Crippen LogP contribution is -2.41. The van der Waals surface area contributed by atoms with Gasteiger partial charge in [-0.2, -0.15) is 0 Å². The van der Waals surface area contributed by atoms with Crippen molar-refractivity contribution in [1.82, 2.24) is 15.2 Å². The van der Waals surface area contributed by atoms with E-state index in [1.165, 1.54) is 0 Å². The molecule has 1 aliphatic rings. The van der Waals surface area contributed by atoms with Crippen molar-refractivity contribution in [3.8, 4) is 0 Å². The highest BCUT2D eigenvalue weighted by atomic mass is 16.5. The van der Waals surface area contributed by atoms with E-state index in [4.69, 9.17) is 4.74 Å². The number of benzene rings is 1. The van der Waals surface area contributed by atoms with Crippen LogP contribution in [0.15, 0.2) is 36.7 Å². The third-order valence-electron chi connectivity index (χ3n) is 4.02. The number of amides is 1. The van der Waals surface area contributed by atoms with E-state index in [9.17, 15) is 4.79 Å². The minimum absolute atomic E-state index is 0.0408. The number of pyridine rings is 1. The molecule has 116 valence electrons. The quantitative estimate of drug-likeness (QED) is 0.933. The molecule has 1 amide bonds. The van der Waals surface area contributed by atoms with Crippen molar-refractivity contribution in [3.63, 3.8) is 0 Å². The van der Waals surface area contributed by atoms with Crippen LogP contribution in [0.2, 0.25) is 0 Å². The minimum atomic E-state index is -0.0408. The monoisotopic (exact) mass is 299 g/mol. The first-order valence-electron chi connectivity index (χ1n) is 7.65. The SMILES string of the molecule is CN1CCO[C@H](CCNC(=O)c2cccc3cnccc23)C1. The third-order valence-corrected chi connectivity index (χ3v) is 4.02. The number of carbonyl (C=O) groups excluding carboxylic acids is 1. The zero-order valence-corrected chi connectivity index (χ0v) is 12.8. The van der Waals surface area contributed by atoms with Gasteiger partial charge in [0, 0.05) is 43.0 Å². The van der Waals surface area contributed by atoms with Crippen molar-refractivity contribution in [2.24, 2.45) is 0 Å². The zero-order chi connectivity index (χ0) is 15.4. The van der Waals surface area contributed by atoms with Crippen LogP contribution in [0.5, 0.6) is 0 Å². The molecule has 1 aliphatic heterocycles. The average molecular weight is 299 g/mol. The Morgan fingerprint density at radius 3 is 3.23 bits per heavy atom. The highest BCUT2D eigenvalue weighted by Gasteiger charge is 2.17. The number of fused-ring (bicyclic) bond motifs is 1. The second-order valence-electron chi connectivity index (χ2n) is 5.70. The third kappa shape index (κ3) is 3.43. The van der Waals surface area contributed by atoms with Crippen LogP contribution in [0.3, 0.4) is 0 Å². The van der Waals surface area contributed by atoms with Gasteiger partial charge in [0.15, 0.2) is 0 Å². The Bertz CT molecular complexity index is 654. The van der Waals surface area contributed by atoms with Crippen LogP contribution in [-0.2, 0) is 4.74 Å². The van der Waals surface area contributed by atoms with E-state index in [1.54, 1.807) is 12.4 Å². The van der Waals surface area contributed by atoms with Gasteiger partial charge in [-0.15, -0.1) is 0 Å². The lowest BCUT2D eigenvalue weighted by molar-refractivity contribution is -0.0225. The molecule has 5 nitrogen and oxygen atoms in total. The summed E-state index contributed by atoms with van der Waals surface area (Å²) >= 11 is 0. The van der Waals surface area contributed by atoms with Gasteiger partial charge >= 0.3 is 0 Å². The molecule has 5 heteroatoms. The van der Waals surface area contributed by atoms with E-state index < -0.39 is 0 Å². The van der Waals surface area contributed by atoms with Crippen molar-refractivity contribution in [2.75, 3.05) is 33.3 Å². The second-order valence-corrected chi connectivity index (χ2v) is 5.70. The Morgan fingerprint density at radius 1 is 1.45 bits per heavy atom. The van der Waals surface area contributed by atoms with E-state index in [0.717, 1.165) is 36.9 Å². The largest absolute Gasteiger partial charge is 0.375 e. The highest BCUT2D eigenvalue weighted by molar-refractivity contribution is 6.06. The van der Waals surface area contributed by atoms with Crippen molar-refractivity contribution in [1.29, 1.82) is 0 Å². The summed E-state index contributed by atoms with van der Waals surface area (Å²) < 4.78 is 5.70. The van der Waals surface area contributed by atoms with Gasteiger partial charge in [0.25, 0.3) is 5.91 Å². The Balaban J connectivity index is 1.59. The lowest BCUT2D eigenvalue weighted by Gasteiger charge is -2.30. The summed E-state index contributed by atoms with van der Waals surface area (Å²) in [7, 11) is 2.10. The number of hydrogen-bond acceptors (Lipinski definition) is 4. The predicted molar refractivity (Wildman–Crippen MR) is 85.9 cm³/mol. The summed E-state index contributed by atoms with van der Waals surface area (Å²) in [5, 5.41) is 4.91. The fourth-order valence-corrected chi connectivity index (χ4v) is 2.80. The Morgan fingerprint density at radius 2 is 2.36 bits per heavy atom. The van der Waals surface area contributed by atoms with Crippen LogP contribution in [0.1, 0.15) is 16.8 Å². The van der Waals surface area contributed by atoms with Gasteiger partial charge in [-0.25, -0.2) is 0 Å². The molecule has 0 saturated carbocycles. The van der Waals surface area contributed by atoms with Gasteiger partial charge in [0.05, 0.1) is 12.7 Å². The molecule has 0 unspecified atom stereocenters. The van der Waals surface area contributed by atoms with Crippen molar-refractivity contribution < 1.29 is 9.53 Å². The number of ether oxygens (including phenoxy) is 1. The molecule has 2 aromatic rings. The molecule has 1 aromatic carbocycles. The molecule has 0 aliphatic carbocycles. The number of nitrogens with zero attached hydrogens (tertiary/aromatic N) is 2. The Kier molecular flexibility index (Phi) is 4.65. The topological polar surface area (TPSA) is 54.5 Å². The van der Waals surface area contributed by atoms with E-state index >= 15 is 0 Å². The van der Waals surface area contributed by atoms with Crippen molar-refractivity contribution in [2.45, 2.75) is 12.5 Å². The molecule has 3 rings (SSSR count). The predicted octanol–water partition coefficient (Wildman–Crippen LogP) is 1.69. The van der Waals surface area contributed by atoms with E-state index in [1.807, 2.05) is 24.3 Å². The number of morpholine rings is 1. The fraction of sp³-hybridized carbons (Fsp3) is 0.412. The molecule has 2 heterocycles. The smallest absolute Gasteiger partial charge is 0.251 e. The van der Waals surface area contributed by atoms with Crippen LogP contribution < -0.4 is 5.32 Å². The summed E-state index contributed by atoms with van der Waals surface area (Å²) in [5.41, 5.74) is 0.696. The van der Waals surface area contributed by atoms with Crippen molar-refractivity contribution in [3.05, 3.63) is 42.2 Å². The molecule has 1 atom stereocenters. The molecule has 0 bridgehead atoms. The summed E-state index contributed by atoms with van der Waals surface area (Å²) in [5.74, 6) is -0.0408. The fourth-order valence-electron chi connectivity index (χ4n) is 2.80. The maximum Gasteiger partial charge on any atom is 0.251 e. The van der Waals surface area contributed by atoms with Crippen LogP contribution >= 0.6 is 0 Å². The highest BCUT2D eigenvalue weighted by Crippen LogP contribution is 2.17. The van der Waals surface area contributed by atoms with Gasteiger partial charge in [0.2, 0.25) is 0 Å². The van der Waals surface area contributed by atoms with E-state index in [0.29, 0.717) is 12.1 Å². The minimum Gasteiger partial charge on any atom is -0.375 e. The normalized spacial score (nSPS) is 19.2. The Hall–Kier alpha value is -1.98. The maximum absolute atomic E-state index is 12.4. The molecule has 1 fully saturated rings. The first-order chi connectivity index (χ1) is 10.7. The van der Waals surface area contributed by atoms with Gasteiger partial charge in [-0.1, -0.05) is 12.1 Å². The van der Waals surface area contributed by atoms with Gasteiger partial charge in [-0.3, -0.25) is 9.78 Å². The van der Waals surface area contributed by atoms with E-state index in [-0.39, 0.29) is 12.0 Å². The Labute approximate surface area is 130 Å². The standard InChI is InChI=1S/C17H21N3O2/c1-20-9-10-22-14(12-20)5-8-19-17(21)16-4-2-3-13-11-18-7-6-15(13)16/h2-4,6-7,11,14H,5,8-10,12H2,1H3,(H,19,21)/t14-/m1/s1. The van der Waals surface area contributed by atoms with Crippen LogP contribution in [-0.4, -0.2) is 55.2 Å². The summed E-state index contributed by atoms with van der Waals surface area (Å²) in [4.78, 5) is 18.7. The molecular formula is C17H21N3O2. The van der Waals surface area contributed by atoms with E-state index in [2.05, 4.69) is 22.2 Å². The first kappa shape index (κ1) is 14.9. The van der Waals surface area contributed by atoms with Crippen LogP contribution in [0.4, 0.5) is 0 Å². The summed E-state index contributed by atoms with van der Waals surface area (Å²) in [6.45, 7) is 3.30. The lowest BCUT2D eigenvalue weighted by atomic mass is 10.1. The molecule has 1 aromatic heterocycles. The number of hydrogen-bond donors (Lipinski definition) is 1. The maximum atomic E-state index is 12.4. The van der Waals surface area contributed by atoms with Gasteiger partial charge in [0.1, 0.15) is 0 Å². The number of likely N-dealkylation sites (N-methyl/N-ethyl adjacent to an activating group) is 1. The molecular weight excluding hydrogens is 278 g/mol. The molecule has 22 heavy (non-hydrogen) atoms. The van der Waals surface area contributed by atoms with Crippen molar-refractivity contribution >= 4 is 16.7 Å². The molecule has 1 saturated heterocycles. The first-order valence-corrected chi connectivity index (χ1v) is 7.65. The molecule has 0 spiro atoms. The van der Waals surface area contributed by atoms with Crippen LogP contribution in [0.25, 0.3) is 10.8 Å². The average Bonchev–Trinajstić information content (AvgIpc) is 2.54. The van der Waals surface area contributed by atoms with Gasteiger partial charge in [-0.05, 0) is 31.0 Å². The number of nitrogens with one attached hydrogen (secondary N) is 1. The van der Waals surface area contributed by atoms with Gasteiger partial charge < -0.3 is 15.0 Å². The second kappa shape index (κ2) is 6.85. The summed E-state index contributed by atoms with van der Waals surface area (Å²) in [6.07, 6.45) is 4.53. The molecule has 1 N–H and O–H groups in total. The number of aromatic nitrogens is 1. The molecule has 0 radical (unpaired) electrons. The summed E-state index contributed by atoms with van der Waals surface area (Å²) in [6, 6.07) is 7.58. The number of carbonyl (C=O) groups is 1. The number of rotatable bonds is 4. The van der Waals surface area contributed by atoms with Crippen LogP contribution in [0, 0.1) is 0 Å². The zero-order valence-electron chi connectivity index (χ0n) is 12.8.